The van der Waals surface area contributed by atoms with Gasteiger partial charge in [0.05, 0.1) is 0 Å². The Labute approximate surface area is 111 Å². The second-order valence-corrected chi connectivity index (χ2v) is 4.47. The molecule has 0 fully saturated rings. The van der Waals surface area contributed by atoms with Crippen molar-refractivity contribution in [3.8, 4) is 0 Å². The van der Waals surface area contributed by atoms with Crippen molar-refractivity contribution in [3.63, 3.8) is 0 Å². The summed E-state index contributed by atoms with van der Waals surface area (Å²) in [4.78, 5) is 21.9. The average Bonchev–Trinajstić information content (AvgIpc) is 2.46. The van der Waals surface area contributed by atoms with Crippen LogP contribution in [0, 0.1) is 0 Å². The van der Waals surface area contributed by atoms with Gasteiger partial charge in [-0.1, -0.05) is 30.4 Å². The van der Waals surface area contributed by atoms with E-state index in [2.05, 4.69) is 0 Å². The zero-order chi connectivity index (χ0) is 13.8. The van der Waals surface area contributed by atoms with Crippen LogP contribution in [0.3, 0.4) is 0 Å². The molecule has 1 aromatic rings. The van der Waals surface area contributed by atoms with Gasteiger partial charge in [0.15, 0.2) is 0 Å². The number of carbonyl (C=O) groups excluding carboxylic acids is 1. The summed E-state index contributed by atoms with van der Waals surface area (Å²) in [5.74, 6) is -0.954. The summed E-state index contributed by atoms with van der Waals surface area (Å²) in [6.45, 7) is 0.366. The fourth-order valence-corrected chi connectivity index (χ4v) is 2.27. The van der Waals surface area contributed by atoms with Crippen LogP contribution in [-0.4, -0.2) is 17.4 Å². The summed E-state index contributed by atoms with van der Waals surface area (Å²) in [5.41, 5.74) is 8.51. The molecule has 0 spiro atoms. The molecule has 1 aliphatic carbocycles. The summed E-state index contributed by atoms with van der Waals surface area (Å²) in [7, 11) is 0. The zero-order valence-corrected chi connectivity index (χ0v) is 10.4. The van der Waals surface area contributed by atoms with Crippen LogP contribution in [0.15, 0.2) is 42.0 Å². The summed E-state index contributed by atoms with van der Waals surface area (Å²) < 4.78 is 0. The molecular formula is C15H15NO3. The van der Waals surface area contributed by atoms with E-state index in [0.29, 0.717) is 24.1 Å². The number of carbonyl (C=O) groups is 2. The van der Waals surface area contributed by atoms with Crippen molar-refractivity contribution in [3.05, 3.63) is 58.7 Å². The summed E-state index contributed by atoms with van der Waals surface area (Å²) >= 11 is 0. The molecule has 98 valence electrons. The molecule has 19 heavy (non-hydrogen) atoms. The van der Waals surface area contributed by atoms with Gasteiger partial charge in [-0.3, -0.25) is 4.79 Å². The fourth-order valence-electron chi connectivity index (χ4n) is 2.27. The van der Waals surface area contributed by atoms with E-state index in [1.54, 1.807) is 24.3 Å². The number of carboxylic acids is 1. The molecule has 0 aromatic heterocycles. The third kappa shape index (κ3) is 2.80. The van der Waals surface area contributed by atoms with Crippen LogP contribution in [0.25, 0.3) is 0 Å². The van der Waals surface area contributed by atoms with Crippen molar-refractivity contribution in [1.29, 1.82) is 0 Å². The van der Waals surface area contributed by atoms with Crippen LogP contribution < -0.4 is 5.73 Å². The maximum absolute atomic E-state index is 11.0. The molecule has 0 bridgehead atoms. The zero-order valence-electron chi connectivity index (χ0n) is 10.4. The second kappa shape index (κ2) is 5.63. The quantitative estimate of drug-likeness (QED) is 0.808. The Bertz CT molecular complexity index is 573. The van der Waals surface area contributed by atoms with Gasteiger partial charge >= 0.3 is 5.97 Å². The van der Waals surface area contributed by atoms with Gasteiger partial charge in [0.2, 0.25) is 0 Å². The number of aldehydes is 1. The van der Waals surface area contributed by atoms with E-state index in [1.165, 1.54) is 0 Å². The van der Waals surface area contributed by atoms with E-state index in [4.69, 9.17) is 10.8 Å². The number of rotatable bonds is 4. The van der Waals surface area contributed by atoms with Crippen molar-refractivity contribution in [2.24, 2.45) is 5.73 Å². The van der Waals surface area contributed by atoms with Gasteiger partial charge in [0.1, 0.15) is 6.29 Å². The Morgan fingerprint density at radius 3 is 2.89 bits per heavy atom. The maximum Gasteiger partial charge on any atom is 0.331 e. The van der Waals surface area contributed by atoms with Gasteiger partial charge in [-0.15, -0.1) is 0 Å². The minimum Gasteiger partial charge on any atom is -0.478 e. The molecule has 1 atom stereocenters. The van der Waals surface area contributed by atoms with Crippen LogP contribution in [-0.2, 0) is 11.3 Å². The van der Waals surface area contributed by atoms with E-state index in [9.17, 15) is 9.59 Å². The molecule has 0 radical (unpaired) electrons. The first-order valence-electron chi connectivity index (χ1n) is 6.04. The Morgan fingerprint density at radius 1 is 1.47 bits per heavy atom. The first-order valence-corrected chi connectivity index (χ1v) is 6.04. The van der Waals surface area contributed by atoms with E-state index in [0.717, 1.165) is 17.4 Å². The summed E-state index contributed by atoms with van der Waals surface area (Å²) in [6.07, 6.45) is 6.48. The third-order valence-electron chi connectivity index (χ3n) is 3.28. The van der Waals surface area contributed by atoms with Gasteiger partial charge < -0.3 is 10.8 Å². The van der Waals surface area contributed by atoms with E-state index < -0.39 is 5.97 Å². The van der Waals surface area contributed by atoms with Crippen LogP contribution in [0.1, 0.15) is 33.8 Å². The summed E-state index contributed by atoms with van der Waals surface area (Å²) in [6, 6.07) is 5.33. The molecule has 0 heterocycles. The van der Waals surface area contributed by atoms with Gasteiger partial charge in [0.25, 0.3) is 0 Å². The van der Waals surface area contributed by atoms with Crippen molar-refractivity contribution in [2.75, 3.05) is 0 Å². The molecular weight excluding hydrogens is 242 g/mol. The highest BCUT2D eigenvalue weighted by atomic mass is 16.4. The maximum atomic E-state index is 11.0. The smallest absolute Gasteiger partial charge is 0.331 e. The Morgan fingerprint density at radius 2 is 2.26 bits per heavy atom. The van der Waals surface area contributed by atoms with Gasteiger partial charge in [-0.25, -0.2) is 4.79 Å². The van der Waals surface area contributed by atoms with Gasteiger partial charge in [0, 0.05) is 23.6 Å². The highest BCUT2D eigenvalue weighted by Crippen LogP contribution is 2.31. The largest absolute Gasteiger partial charge is 0.478 e. The van der Waals surface area contributed by atoms with Gasteiger partial charge in [-0.05, 0) is 23.6 Å². The molecule has 0 saturated heterocycles. The monoisotopic (exact) mass is 257 g/mol. The Hall–Kier alpha value is -2.20. The Balaban J connectivity index is 2.37. The van der Waals surface area contributed by atoms with Crippen molar-refractivity contribution < 1.29 is 14.7 Å². The average molecular weight is 257 g/mol. The number of hydrogen-bond acceptors (Lipinski definition) is 3. The molecule has 1 aliphatic rings. The van der Waals surface area contributed by atoms with E-state index in [-0.39, 0.29) is 5.92 Å². The predicted molar refractivity (Wildman–Crippen MR) is 71.9 cm³/mol. The number of allylic oxidation sites excluding steroid dienone is 3. The number of benzene rings is 1. The Kier molecular flexibility index (Phi) is 3.92. The van der Waals surface area contributed by atoms with Crippen molar-refractivity contribution >= 4 is 12.3 Å². The van der Waals surface area contributed by atoms with Gasteiger partial charge in [-0.2, -0.15) is 0 Å². The van der Waals surface area contributed by atoms with E-state index in [1.807, 2.05) is 12.1 Å². The normalized spacial score (nSPS) is 17.9. The molecule has 4 heteroatoms. The molecule has 0 saturated carbocycles. The van der Waals surface area contributed by atoms with Crippen LogP contribution in [0.4, 0.5) is 0 Å². The second-order valence-electron chi connectivity index (χ2n) is 4.47. The molecule has 1 unspecified atom stereocenters. The topological polar surface area (TPSA) is 80.4 Å². The lowest BCUT2D eigenvalue weighted by atomic mass is 9.85. The molecule has 1 aromatic carbocycles. The SMILES string of the molecule is NCc1ccc(C=O)cc1C1C=CC=C(C(=O)O)C1. The molecule has 4 nitrogen and oxygen atoms in total. The number of hydrogen-bond donors (Lipinski definition) is 2. The third-order valence-corrected chi connectivity index (χ3v) is 3.28. The number of nitrogens with two attached hydrogens (primary N) is 1. The molecule has 2 rings (SSSR count). The minimum atomic E-state index is -0.907. The standard InChI is InChI=1S/C15H15NO3/c16-8-13-5-4-10(9-17)6-14(13)11-2-1-3-12(7-11)15(18)19/h1-6,9,11H,7-8,16H2,(H,18,19). The number of aliphatic carboxylic acids is 1. The first kappa shape index (κ1) is 13.2. The first-order chi connectivity index (χ1) is 9.15. The molecule has 0 aliphatic heterocycles. The van der Waals surface area contributed by atoms with Crippen LogP contribution in [0.2, 0.25) is 0 Å². The number of carboxylic acid groups (broad SMARTS) is 1. The molecule has 0 amide bonds. The lowest BCUT2D eigenvalue weighted by Gasteiger charge is -2.20. The van der Waals surface area contributed by atoms with Crippen LogP contribution in [0.5, 0.6) is 0 Å². The van der Waals surface area contributed by atoms with Crippen molar-refractivity contribution in [1.82, 2.24) is 0 Å². The predicted octanol–water partition coefficient (Wildman–Crippen LogP) is 2.01. The minimum absolute atomic E-state index is 0.0467. The molecule has 3 N–H and O–H groups in total. The van der Waals surface area contributed by atoms with Crippen LogP contribution >= 0.6 is 0 Å². The fraction of sp³-hybridized carbons (Fsp3) is 0.200. The summed E-state index contributed by atoms with van der Waals surface area (Å²) in [5, 5.41) is 9.05. The lowest BCUT2D eigenvalue weighted by Crippen LogP contribution is -2.11. The highest BCUT2D eigenvalue weighted by molar-refractivity contribution is 5.87. The highest BCUT2D eigenvalue weighted by Gasteiger charge is 2.20. The lowest BCUT2D eigenvalue weighted by molar-refractivity contribution is -0.132. The van der Waals surface area contributed by atoms with E-state index >= 15 is 0 Å². The van der Waals surface area contributed by atoms with Crippen molar-refractivity contribution in [2.45, 2.75) is 18.9 Å².